The Bertz CT molecular complexity index is 493. The second kappa shape index (κ2) is 3.43. The van der Waals surface area contributed by atoms with Crippen molar-refractivity contribution in [3.05, 3.63) is 23.8 Å². The van der Waals surface area contributed by atoms with E-state index >= 15 is 0 Å². The molecular formula is C11H9NO2. The first-order chi connectivity index (χ1) is 6.81. The van der Waals surface area contributed by atoms with Crippen LogP contribution in [0.1, 0.15) is 5.56 Å². The highest BCUT2D eigenvalue weighted by atomic mass is 16.5. The molecule has 0 amide bonds. The lowest BCUT2D eigenvalue weighted by Gasteiger charge is -1.96. The van der Waals surface area contributed by atoms with Crippen LogP contribution in [-0.4, -0.2) is 11.8 Å². The van der Waals surface area contributed by atoms with Crippen molar-refractivity contribution in [2.24, 2.45) is 0 Å². The molecule has 0 saturated heterocycles. The average molecular weight is 187 g/mol. The van der Waals surface area contributed by atoms with E-state index in [2.05, 4.69) is 11.1 Å². The minimum atomic E-state index is 0.204. The Morgan fingerprint density at radius 1 is 1.57 bits per heavy atom. The number of ether oxygens (including phenoxy) is 1. The number of benzene rings is 1. The lowest BCUT2D eigenvalue weighted by atomic mass is 10.2. The molecule has 3 nitrogen and oxygen atoms in total. The molecule has 0 atom stereocenters. The first kappa shape index (κ1) is 8.64. The van der Waals surface area contributed by atoms with E-state index < -0.39 is 0 Å². The van der Waals surface area contributed by atoms with Gasteiger partial charge in [-0.15, -0.1) is 6.42 Å². The molecule has 1 heterocycles. The van der Waals surface area contributed by atoms with Crippen LogP contribution in [0.25, 0.3) is 11.0 Å². The fourth-order valence-electron chi connectivity index (χ4n) is 1.24. The van der Waals surface area contributed by atoms with E-state index in [9.17, 15) is 0 Å². The largest absolute Gasteiger partial charge is 0.462 e. The summed E-state index contributed by atoms with van der Waals surface area (Å²) in [6, 6.07) is 5.77. The molecular weight excluding hydrogens is 178 g/mol. The molecule has 0 fully saturated rings. The van der Waals surface area contributed by atoms with Crippen LogP contribution in [0.15, 0.2) is 22.7 Å². The van der Waals surface area contributed by atoms with Crippen LogP contribution in [0.5, 0.6) is 5.88 Å². The van der Waals surface area contributed by atoms with Crippen LogP contribution in [0.4, 0.5) is 0 Å². The Morgan fingerprint density at radius 3 is 3.21 bits per heavy atom. The molecule has 2 rings (SSSR count). The van der Waals surface area contributed by atoms with Crippen molar-refractivity contribution in [3.8, 4) is 18.2 Å². The van der Waals surface area contributed by atoms with Crippen molar-refractivity contribution >= 4 is 11.0 Å². The number of rotatable bonds is 2. The average Bonchev–Trinajstić information content (AvgIpc) is 2.57. The van der Waals surface area contributed by atoms with Gasteiger partial charge in [-0.25, -0.2) is 0 Å². The van der Waals surface area contributed by atoms with Crippen LogP contribution in [0, 0.1) is 19.3 Å². The van der Waals surface area contributed by atoms with Crippen LogP contribution < -0.4 is 4.74 Å². The molecule has 0 radical (unpaired) electrons. The molecule has 1 aromatic heterocycles. The number of aromatic nitrogens is 1. The Hall–Kier alpha value is -1.95. The summed E-state index contributed by atoms with van der Waals surface area (Å²) in [5.74, 6) is 2.84. The standard InChI is InChI=1S/C11H9NO2/c1-3-6-13-11-9-7-8(2)4-5-10(9)14-12-11/h1,4-5,7H,6H2,2H3. The summed E-state index contributed by atoms with van der Waals surface area (Å²) < 4.78 is 10.3. The predicted octanol–water partition coefficient (Wildman–Crippen LogP) is 2.15. The molecule has 0 aliphatic rings. The van der Waals surface area contributed by atoms with E-state index in [0.717, 1.165) is 10.9 Å². The van der Waals surface area contributed by atoms with Crippen molar-refractivity contribution in [2.75, 3.05) is 6.61 Å². The molecule has 0 bridgehead atoms. The summed E-state index contributed by atoms with van der Waals surface area (Å²) in [6.45, 7) is 2.20. The minimum Gasteiger partial charge on any atom is -0.462 e. The highest BCUT2D eigenvalue weighted by Crippen LogP contribution is 2.25. The molecule has 0 N–H and O–H groups in total. The van der Waals surface area contributed by atoms with Gasteiger partial charge in [0.15, 0.2) is 12.2 Å². The van der Waals surface area contributed by atoms with Crippen LogP contribution in [0.3, 0.4) is 0 Å². The quantitative estimate of drug-likeness (QED) is 0.676. The number of nitrogens with zero attached hydrogens (tertiary/aromatic N) is 1. The van der Waals surface area contributed by atoms with Crippen molar-refractivity contribution in [1.82, 2.24) is 5.16 Å². The maximum absolute atomic E-state index is 5.22. The molecule has 0 saturated carbocycles. The highest BCUT2D eigenvalue weighted by Gasteiger charge is 2.08. The van der Waals surface area contributed by atoms with Crippen molar-refractivity contribution in [2.45, 2.75) is 6.92 Å². The summed E-state index contributed by atoms with van der Waals surface area (Å²) in [5, 5.41) is 4.64. The molecule has 0 aliphatic heterocycles. The van der Waals surface area contributed by atoms with Gasteiger partial charge in [0, 0.05) is 0 Å². The van der Waals surface area contributed by atoms with E-state index in [1.54, 1.807) is 0 Å². The molecule has 70 valence electrons. The summed E-state index contributed by atoms with van der Waals surface area (Å²) in [6.07, 6.45) is 5.09. The molecule has 1 aromatic carbocycles. The summed E-state index contributed by atoms with van der Waals surface area (Å²) in [5.41, 5.74) is 1.84. The Morgan fingerprint density at radius 2 is 2.43 bits per heavy atom. The lowest BCUT2D eigenvalue weighted by Crippen LogP contribution is -1.93. The van der Waals surface area contributed by atoms with Gasteiger partial charge in [0.05, 0.1) is 5.39 Å². The van der Waals surface area contributed by atoms with Crippen molar-refractivity contribution in [3.63, 3.8) is 0 Å². The molecule has 0 unspecified atom stereocenters. The Labute approximate surface area is 81.7 Å². The second-order valence-corrected chi connectivity index (χ2v) is 2.98. The molecule has 0 aliphatic carbocycles. The van der Waals surface area contributed by atoms with E-state index in [1.165, 1.54) is 0 Å². The van der Waals surface area contributed by atoms with Crippen LogP contribution >= 0.6 is 0 Å². The van der Waals surface area contributed by atoms with Gasteiger partial charge >= 0.3 is 0 Å². The van der Waals surface area contributed by atoms with Gasteiger partial charge in [0.2, 0.25) is 0 Å². The normalized spacial score (nSPS) is 10.0. The first-order valence-electron chi connectivity index (χ1n) is 4.23. The third-order valence-corrected chi connectivity index (χ3v) is 1.88. The maximum atomic E-state index is 5.22. The SMILES string of the molecule is C#CCOc1noc2ccc(C)cc12. The lowest BCUT2D eigenvalue weighted by molar-refractivity contribution is 0.322. The fourth-order valence-corrected chi connectivity index (χ4v) is 1.24. The topological polar surface area (TPSA) is 35.3 Å². The summed E-state index contributed by atoms with van der Waals surface area (Å²) in [4.78, 5) is 0. The Balaban J connectivity index is 2.46. The molecule has 3 heteroatoms. The van der Waals surface area contributed by atoms with Crippen molar-refractivity contribution < 1.29 is 9.26 Å². The van der Waals surface area contributed by atoms with Gasteiger partial charge < -0.3 is 9.26 Å². The van der Waals surface area contributed by atoms with Gasteiger partial charge in [-0.3, -0.25) is 0 Å². The monoisotopic (exact) mass is 187 g/mol. The third kappa shape index (κ3) is 1.42. The van der Waals surface area contributed by atoms with Crippen LogP contribution in [-0.2, 0) is 0 Å². The highest BCUT2D eigenvalue weighted by molar-refractivity contribution is 5.82. The van der Waals surface area contributed by atoms with Crippen LogP contribution in [0.2, 0.25) is 0 Å². The first-order valence-corrected chi connectivity index (χ1v) is 4.23. The second-order valence-electron chi connectivity index (χ2n) is 2.98. The van der Waals surface area contributed by atoms with E-state index in [-0.39, 0.29) is 6.61 Å². The van der Waals surface area contributed by atoms with Gasteiger partial charge in [0.25, 0.3) is 5.88 Å². The summed E-state index contributed by atoms with van der Waals surface area (Å²) >= 11 is 0. The molecule has 14 heavy (non-hydrogen) atoms. The fraction of sp³-hybridized carbons (Fsp3) is 0.182. The van der Waals surface area contributed by atoms with E-state index in [0.29, 0.717) is 11.5 Å². The van der Waals surface area contributed by atoms with Gasteiger partial charge in [-0.05, 0) is 24.2 Å². The minimum absolute atomic E-state index is 0.204. The molecule has 0 spiro atoms. The molecule has 2 aromatic rings. The maximum Gasteiger partial charge on any atom is 0.263 e. The van der Waals surface area contributed by atoms with Gasteiger partial charge in [0.1, 0.15) is 0 Å². The smallest absolute Gasteiger partial charge is 0.263 e. The zero-order chi connectivity index (χ0) is 9.97. The number of aryl methyl sites for hydroxylation is 1. The zero-order valence-corrected chi connectivity index (χ0v) is 7.78. The summed E-state index contributed by atoms with van der Waals surface area (Å²) in [7, 11) is 0. The number of hydrogen-bond donors (Lipinski definition) is 0. The van der Waals surface area contributed by atoms with Gasteiger partial charge in [-0.1, -0.05) is 17.6 Å². The number of terminal acetylenes is 1. The predicted molar refractivity (Wildman–Crippen MR) is 53.1 cm³/mol. The third-order valence-electron chi connectivity index (χ3n) is 1.88. The zero-order valence-electron chi connectivity index (χ0n) is 7.78. The van der Waals surface area contributed by atoms with E-state index in [4.69, 9.17) is 15.7 Å². The number of fused-ring (bicyclic) bond motifs is 1. The van der Waals surface area contributed by atoms with Crippen molar-refractivity contribution in [1.29, 1.82) is 0 Å². The van der Waals surface area contributed by atoms with Gasteiger partial charge in [-0.2, -0.15) is 0 Å². The van der Waals surface area contributed by atoms with E-state index in [1.807, 2.05) is 25.1 Å². The Kier molecular flexibility index (Phi) is 2.11. The number of hydrogen-bond acceptors (Lipinski definition) is 3.